The van der Waals surface area contributed by atoms with E-state index in [0.29, 0.717) is 18.3 Å². The van der Waals surface area contributed by atoms with Crippen LogP contribution in [0.15, 0.2) is 25.3 Å². The number of carbonyl (C=O) groups excluding carboxylic acids is 2. The van der Waals surface area contributed by atoms with E-state index in [1.54, 1.807) is 0 Å². The number of carbonyl (C=O) groups is 2. The second-order valence-corrected chi connectivity index (χ2v) is 8.93. The summed E-state index contributed by atoms with van der Waals surface area (Å²) in [6.07, 6.45) is 5.85. The van der Waals surface area contributed by atoms with Gasteiger partial charge in [-0.25, -0.2) is 9.59 Å². The lowest BCUT2D eigenvalue weighted by Crippen LogP contribution is -2.61. The third kappa shape index (κ3) is 5.69. The number of hydrogen-bond acceptors (Lipinski definition) is 8. The Labute approximate surface area is 176 Å². The first-order chi connectivity index (χ1) is 14.3. The first-order valence-corrected chi connectivity index (χ1v) is 10.5. The largest absolute Gasteiger partial charge is 0.460 e. The third-order valence-corrected chi connectivity index (χ3v) is 6.29. The molecule has 0 aromatic rings. The first kappa shape index (κ1) is 22.9. The van der Waals surface area contributed by atoms with Gasteiger partial charge >= 0.3 is 11.9 Å². The SMILES string of the molecule is C=CC(=O)OCC(O)COC12CC3CC(C1)CC(OCC(O)COC(=O)C=C)(C3)C2. The second kappa shape index (κ2) is 9.60. The summed E-state index contributed by atoms with van der Waals surface area (Å²) in [4.78, 5) is 22.3. The Bertz CT molecular complexity index is 594. The van der Waals surface area contributed by atoms with Crippen LogP contribution in [0.2, 0.25) is 0 Å². The fourth-order valence-corrected chi connectivity index (χ4v) is 5.55. The van der Waals surface area contributed by atoms with Gasteiger partial charge in [-0.2, -0.15) is 0 Å². The van der Waals surface area contributed by atoms with Crippen molar-refractivity contribution in [3.05, 3.63) is 25.3 Å². The maximum atomic E-state index is 11.2. The van der Waals surface area contributed by atoms with Crippen LogP contribution in [0, 0.1) is 11.8 Å². The van der Waals surface area contributed by atoms with Gasteiger partial charge in [-0.3, -0.25) is 0 Å². The summed E-state index contributed by atoms with van der Waals surface area (Å²) in [5, 5.41) is 20.2. The maximum absolute atomic E-state index is 11.2. The first-order valence-electron chi connectivity index (χ1n) is 10.5. The van der Waals surface area contributed by atoms with Gasteiger partial charge in [0.1, 0.15) is 25.4 Å². The Kier molecular flexibility index (Phi) is 7.34. The topological polar surface area (TPSA) is 112 Å². The monoisotopic (exact) mass is 424 g/mol. The fourth-order valence-electron chi connectivity index (χ4n) is 5.55. The molecule has 0 spiro atoms. The van der Waals surface area contributed by atoms with Crippen molar-refractivity contribution >= 4 is 11.9 Å². The van der Waals surface area contributed by atoms with Crippen LogP contribution in [-0.4, -0.2) is 72.0 Å². The normalized spacial score (nSPS) is 33.5. The van der Waals surface area contributed by atoms with E-state index in [9.17, 15) is 19.8 Å². The lowest BCUT2D eigenvalue weighted by molar-refractivity contribution is -0.248. The van der Waals surface area contributed by atoms with Crippen molar-refractivity contribution in [1.29, 1.82) is 0 Å². The van der Waals surface area contributed by atoms with E-state index in [4.69, 9.17) is 18.9 Å². The maximum Gasteiger partial charge on any atom is 0.330 e. The van der Waals surface area contributed by atoms with Crippen LogP contribution < -0.4 is 0 Å². The highest BCUT2D eigenvalue weighted by molar-refractivity contribution is 5.81. The van der Waals surface area contributed by atoms with Crippen LogP contribution in [0.4, 0.5) is 0 Å². The van der Waals surface area contributed by atoms with Gasteiger partial charge in [-0.1, -0.05) is 13.2 Å². The molecule has 168 valence electrons. The van der Waals surface area contributed by atoms with Crippen molar-refractivity contribution in [2.24, 2.45) is 11.8 Å². The molecule has 0 aromatic carbocycles. The molecule has 8 heteroatoms. The highest BCUT2D eigenvalue weighted by Gasteiger charge is 2.59. The fraction of sp³-hybridized carbons (Fsp3) is 0.727. The van der Waals surface area contributed by atoms with Gasteiger partial charge in [-0.15, -0.1) is 0 Å². The lowest BCUT2D eigenvalue weighted by atomic mass is 9.52. The van der Waals surface area contributed by atoms with Crippen molar-refractivity contribution in [3.8, 4) is 0 Å². The van der Waals surface area contributed by atoms with Gasteiger partial charge in [0.2, 0.25) is 0 Å². The zero-order chi connectivity index (χ0) is 21.8. The number of aliphatic hydroxyl groups is 2. The summed E-state index contributed by atoms with van der Waals surface area (Å²) in [6.45, 7) is 6.55. The van der Waals surface area contributed by atoms with Crippen LogP contribution in [0.1, 0.15) is 38.5 Å². The van der Waals surface area contributed by atoms with Crippen LogP contribution >= 0.6 is 0 Å². The van der Waals surface area contributed by atoms with E-state index in [-0.39, 0.29) is 37.6 Å². The Morgan fingerprint density at radius 1 is 0.833 bits per heavy atom. The molecule has 4 aliphatic rings. The molecular weight excluding hydrogens is 392 g/mol. The third-order valence-electron chi connectivity index (χ3n) is 6.29. The molecule has 8 nitrogen and oxygen atoms in total. The lowest BCUT2D eigenvalue weighted by Gasteiger charge is -2.61. The summed E-state index contributed by atoms with van der Waals surface area (Å²) >= 11 is 0. The van der Waals surface area contributed by atoms with Gasteiger partial charge in [-0.05, 0) is 43.9 Å². The van der Waals surface area contributed by atoms with Gasteiger partial charge < -0.3 is 29.2 Å². The van der Waals surface area contributed by atoms with E-state index in [1.807, 2.05) is 0 Å². The Hall–Kier alpha value is -1.74. The van der Waals surface area contributed by atoms with Crippen LogP contribution in [0.5, 0.6) is 0 Å². The summed E-state index contributed by atoms with van der Waals surface area (Å²) in [7, 11) is 0. The molecule has 0 saturated heterocycles. The van der Waals surface area contributed by atoms with Crippen LogP contribution in [-0.2, 0) is 28.5 Å². The van der Waals surface area contributed by atoms with E-state index in [1.165, 1.54) is 0 Å². The number of aliphatic hydroxyl groups excluding tert-OH is 2. The minimum Gasteiger partial charge on any atom is -0.460 e. The summed E-state index contributed by atoms with van der Waals surface area (Å²) < 4.78 is 22.2. The predicted molar refractivity (Wildman–Crippen MR) is 106 cm³/mol. The van der Waals surface area contributed by atoms with Crippen molar-refractivity contribution in [2.45, 2.75) is 61.9 Å². The zero-order valence-electron chi connectivity index (χ0n) is 17.3. The molecule has 4 aliphatic carbocycles. The summed E-state index contributed by atoms with van der Waals surface area (Å²) in [5.41, 5.74) is -0.735. The molecule has 0 radical (unpaired) electrons. The second-order valence-electron chi connectivity index (χ2n) is 8.93. The minimum absolute atomic E-state index is 0.0834. The van der Waals surface area contributed by atoms with Crippen LogP contribution in [0.3, 0.4) is 0 Å². The summed E-state index contributed by atoms with van der Waals surface area (Å²) in [6, 6.07) is 0. The molecule has 4 rings (SSSR count). The molecule has 0 aromatic heterocycles. The average molecular weight is 424 g/mol. The zero-order valence-corrected chi connectivity index (χ0v) is 17.3. The molecule has 30 heavy (non-hydrogen) atoms. The molecule has 0 heterocycles. The molecule has 0 amide bonds. The quantitative estimate of drug-likeness (QED) is 0.356. The molecular formula is C22H32O8. The molecule has 4 fully saturated rings. The Morgan fingerprint density at radius 2 is 1.23 bits per heavy atom. The summed E-state index contributed by atoms with van der Waals surface area (Å²) in [5.74, 6) is -0.183. The molecule has 0 aliphatic heterocycles. The standard InChI is InChI=1S/C22H32O8/c1-3-19(25)27-10-17(23)12-29-21-6-15-5-16(7-21)9-22(8-15,14-21)30-13-18(24)11-28-20(26)4-2/h3-4,15-18,23-24H,1-2,5-14H2. The van der Waals surface area contributed by atoms with Crippen molar-refractivity contribution < 1.29 is 38.7 Å². The van der Waals surface area contributed by atoms with Crippen molar-refractivity contribution in [1.82, 2.24) is 0 Å². The Morgan fingerprint density at radius 3 is 1.60 bits per heavy atom. The number of ether oxygens (including phenoxy) is 4. The van der Waals surface area contributed by atoms with Gasteiger partial charge in [0.15, 0.2) is 0 Å². The number of hydrogen-bond donors (Lipinski definition) is 2. The molecule has 4 bridgehead atoms. The smallest absolute Gasteiger partial charge is 0.330 e. The molecule has 2 N–H and O–H groups in total. The van der Waals surface area contributed by atoms with E-state index < -0.39 is 24.1 Å². The molecule has 2 atom stereocenters. The van der Waals surface area contributed by atoms with E-state index in [2.05, 4.69) is 13.2 Å². The number of rotatable bonds is 12. The minimum atomic E-state index is -0.903. The van der Waals surface area contributed by atoms with Gasteiger partial charge in [0, 0.05) is 18.6 Å². The van der Waals surface area contributed by atoms with Crippen molar-refractivity contribution in [2.75, 3.05) is 26.4 Å². The predicted octanol–water partition coefficient (Wildman–Crippen LogP) is 1.29. The van der Waals surface area contributed by atoms with Crippen LogP contribution in [0.25, 0.3) is 0 Å². The Balaban J connectivity index is 1.53. The highest BCUT2D eigenvalue weighted by Crippen LogP contribution is 2.60. The highest BCUT2D eigenvalue weighted by atomic mass is 16.6. The van der Waals surface area contributed by atoms with E-state index >= 15 is 0 Å². The average Bonchev–Trinajstić information content (AvgIpc) is 2.72. The van der Waals surface area contributed by atoms with Gasteiger partial charge in [0.25, 0.3) is 0 Å². The van der Waals surface area contributed by atoms with Gasteiger partial charge in [0.05, 0.1) is 24.4 Å². The van der Waals surface area contributed by atoms with Crippen molar-refractivity contribution in [3.63, 3.8) is 0 Å². The van der Waals surface area contributed by atoms with E-state index in [0.717, 1.165) is 44.3 Å². The number of esters is 2. The molecule has 2 unspecified atom stereocenters. The molecule has 4 saturated carbocycles.